The molecule has 2 aromatic rings. The lowest BCUT2D eigenvalue weighted by atomic mass is 9.96. The smallest absolute Gasteiger partial charge is 0.243 e. The van der Waals surface area contributed by atoms with E-state index in [4.69, 9.17) is 21.1 Å². The Bertz CT molecular complexity index is 1070. The molecule has 0 unspecified atom stereocenters. The van der Waals surface area contributed by atoms with Crippen molar-refractivity contribution >= 4 is 33.2 Å². The number of nitrogens with zero attached hydrogens (tertiary/aromatic N) is 2. The zero-order chi connectivity index (χ0) is 22.0. The maximum Gasteiger partial charge on any atom is 0.243 e. The first-order chi connectivity index (χ1) is 14.9. The van der Waals surface area contributed by atoms with Crippen LogP contribution < -0.4 is 14.4 Å². The molecule has 1 fully saturated rings. The predicted molar refractivity (Wildman–Crippen MR) is 118 cm³/mol. The van der Waals surface area contributed by atoms with Gasteiger partial charge in [-0.15, -0.1) is 0 Å². The first-order valence-corrected chi connectivity index (χ1v) is 12.2. The third-order valence-corrected chi connectivity index (χ3v) is 7.83. The van der Waals surface area contributed by atoms with Gasteiger partial charge in [0.05, 0.1) is 28.8 Å². The molecule has 4 rings (SSSR count). The molecule has 0 N–H and O–H groups in total. The summed E-state index contributed by atoms with van der Waals surface area (Å²) in [5.74, 6) is 0.964. The lowest BCUT2D eigenvalue weighted by Crippen LogP contribution is -2.46. The molecule has 2 aliphatic heterocycles. The van der Waals surface area contributed by atoms with Crippen molar-refractivity contribution in [3.05, 3.63) is 47.5 Å². The maximum absolute atomic E-state index is 13.2. The van der Waals surface area contributed by atoms with Crippen LogP contribution in [0.4, 0.5) is 5.69 Å². The number of sulfonamides is 1. The van der Waals surface area contributed by atoms with Crippen molar-refractivity contribution in [1.82, 2.24) is 4.31 Å². The Morgan fingerprint density at radius 1 is 1.16 bits per heavy atom. The summed E-state index contributed by atoms with van der Waals surface area (Å²) in [6, 6.07) is 12.0. The van der Waals surface area contributed by atoms with Gasteiger partial charge in [-0.2, -0.15) is 4.31 Å². The van der Waals surface area contributed by atoms with Crippen molar-refractivity contribution in [1.29, 1.82) is 0 Å². The van der Waals surface area contributed by atoms with Gasteiger partial charge in [0.25, 0.3) is 0 Å². The van der Waals surface area contributed by atoms with Gasteiger partial charge >= 0.3 is 0 Å². The zero-order valence-electron chi connectivity index (χ0n) is 17.3. The molecule has 2 aromatic carbocycles. The molecule has 2 aliphatic rings. The average molecular weight is 465 g/mol. The predicted octanol–water partition coefficient (Wildman–Crippen LogP) is 3.57. The summed E-state index contributed by atoms with van der Waals surface area (Å²) in [7, 11) is -3.69. The van der Waals surface area contributed by atoms with E-state index in [1.807, 2.05) is 31.2 Å². The van der Waals surface area contributed by atoms with E-state index >= 15 is 0 Å². The number of carbonyl (C=O) groups excluding carboxylic acids is 1. The quantitative estimate of drug-likeness (QED) is 0.676. The van der Waals surface area contributed by atoms with E-state index in [1.165, 1.54) is 16.4 Å². The van der Waals surface area contributed by atoms with Gasteiger partial charge in [-0.1, -0.05) is 23.7 Å². The Hall–Kier alpha value is -2.29. The summed E-state index contributed by atoms with van der Waals surface area (Å²) in [6.45, 7) is 3.81. The number of amides is 1. The van der Waals surface area contributed by atoms with Crippen LogP contribution in [0.5, 0.6) is 11.5 Å². The molecular weight excluding hydrogens is 440 g/mol. The molecule has 9 heteroatoms. The Morgan fingerprint density at radius 2 is 1.90 bits per heavy atom. The highest BCUT2D eigenvalue weighted by Crippen LogP contribution is 2.34. The average Bonchev–Trinajstić information content (AvgIpc) is 2.79. The summed E-state index contributed by atoms with van der Waals surface area (Å²) in [6.07, 6.45) is 0.949. The number of halogens is 1. The lowest BCUT2D eigenvalue weighted by Gasteiger charge is -2.35. The first kappa shape index (κ1) is 21.9. The van der Waals surface area contributed by atoms with E-state index in [-0.39, 0.29) is 34.8 Å². The van der Waals surface area contributed by atoms with Gasteiger partial charge in [0.15, 0.2) is 0 Å². The highest BCUT2D eigenvalue weighted by molar-refractivity contribution is 7.89. The molecule has 0 atom stereocenters. The minimum absolute atomic E-state index is 0.0249. The van der Waals surface area contributed by atoms with E-state index in [0.717, 1.165) is 5.69 Å². The Kier molecular flexibility index (Phi) is 6.41. The minimum Gasteiger partial charge on any atom is -0.492 e. The number of ether oxygens (including phenoxy) is 2. The molecule has 0 saturated carbocycles. The van der Waals surface area contributed by atoms with Crippen LogP contribution in [0.3, 0.4) is 0 Å². The number of benzene rings is 2. The largest absolute Gasteiger partial charge is 0.492 e. The number of hydrogen-bond donors (Lipinski definition) is 0. The molecule has 0 aromatic heterocycles. The van der Waals surface area contributed by atoms with Crippen molar-refractivity contribution in [2.24, 2.45) is 5.92 Å². The standard InChI is InChI=1S/C22H25ClN2O5S/c1-2-29-20-8-7-17(15-18(20)23)31(27,28)24-11-9-16(10-12-24)22(26)25-13-14-30-21-6-4-3-5-19(21)25/h3-8,15-16H,2,9-14H2,1H3. The Morgan fingerprint density at radius 3 is 2.61 bits per heavy atom. The van der Waals surface area contributed by atoms with E-state index in [9.17, 15) is 13.2 Å². The normalized spacial score (nSPS) is 17.7. The zero-order valence-corrected chi connectivity index (χ0v) is 18.9. The molecule has 31 heavy (non-hydrogen) atoms. The minimum atomic E-state index is -3.69. The summed E-state index contributed by atoms with van der Waals surface area (Å²) in [5, 5.41) is 0.263. The van der Waals surface area contributed by atoms with E-state index in [2.05, 4.69) is 0 Å². The fourth-order valence-electron chi connectivity index (χ4n) is 4.03. The topological polar surface area (TPSA) is 76.2 Å². The fourth-order valence-corrected chi connectivity index (χ4v) is 5.82. The molecule has 1 saturated heterocycles. The SMILES string of the molecule is CCOc1ccc(S(=O)(=O)N2CCC(C(=O)N3CCOc4ccccc43)CC2)cc1Cl. The molecule has 7 nitrogen and oxygen atoms in total. The van der Waals surface area contributed by atoms with Gasteiger partial charge in [-0.05, 0) is 50.1 Å². The van der Waals surface area contributed by atoms with Gasteiger partial charge in [0, 0.05) is 19.0 Å². The molecule has 0 bridgehead atoms. The van der Waals surface area contributed by atoms with Crippen molar-refractivity contribution in [2.45, 2.75) is 24.7 Å². The monoisotopic (exact) mass is 464 g/mol. The van der Waals surface area contributed by atoms with Gasteiger partial charge in [-0.3, -0.25) is 4.79 Å². The fraction of sp³-hybridized carbons (Fsp3) is 0.409. The molecule has 0 aliphatic carbocycles. The summed E-state index contributed by atoms with van der Waals surface area (Å²) in [4.78, 5) is 15.1. The highest BCUT2D eigenvalue weighted by atomic mass is 35.5. The van der Waals surface area contributed by atoms with Crippen LogP contribution in [-0.2, 0) is 14.8 Å². The van der Waals surface area contributed by atoms with Gasteiger partial charge < -0.3 is 14.4 Å². The third kappa shape index (κ3) is 4.37. The number of carbonyl (C=O) groups is 1. The number of anilines is 1. The van der Waals surface area contributed by atoms with Crippen LogP contribution in [0.25, 0.3) is 0 Å². The van der Waals surface area contributed by atoms with Crippen LogP contribution in [0, 0.1) is 5.92 Å². The Labute approximate surface area is 187 Å². The highest BCUT2D eigenvalue weighted by Gasteiger charge is 2.35. The molecular formula is C22H25ClN2O5S. The maximum atomic E-state index is 13.2. The van der Waals surface area contributed by atoms with Crippen LogP contribution in [-0.4, -0.2) is 51.5 Å². The second kappa shape index (κ2) is 9.06. The second-order valence-electron chi connectivity index (χ2n) is 7.51. The molecule has 0 radical (unpaired) electrons. The van der Waals surface area contributed by atoms with Gasteiger partial charge in [0.2, 0.25) is 15.9 Å². The van der Waals surface area contributed by atoms with E-state index in [1.54, 1.807) is 11.0 Å². The number of rotatable bonds is 5. The van der Waals surface area contributed by atoms with Crippen molar-refractivity contribution in [2.75, 3.05) is 37.7 Å². The van der Waals surface area contributed by atoms with Crippen LogP contribution >= 0.6 is 11.6 Å². The van der Waals surface area contributed by atoms with Gasteiger partial charge in [0.1, 0.15) is 18.1 Å². The summed E-state index contributed by atoms with van der Waals surface area (Å²) >= 11 is 6.18. The van der Waals surface area contributed by atoms with E-state index < -0.39 is 10.0 Å². The van der Waals surface area contributed by atoms with Crippen molar-refractivity contribution in [3.63, 3.8) is 0 Å². The number of hydrogen-bond acceptors (Lipinski definition) is 5. The van der Waals surface area contributed by atoms with Crippen LogP contribution in [0.2, 0.25) is 5.02 Å². The number of para-hydroxylation sites is 2. The summed E-state index contributed by atoms with van der Waals surface area (Å²) < 4.78 is 38.6. The second-order valence-corrected chi connectivity index (χ2v) is 9.85. The Balaban J connectivity index is 1.44. The van der Waals surface area contributed by atoms with Crippen LogP contribution in [0.15, 0.2) is 47.4 Å². The van der Waals surface area contributed by atoms with Crippen molar-refractivity contribution in [3.8, 4) is 11.5 Å². The molecule has 166 valence electrons. The van der Waals surface area contributed by atoms with Gasteiger partial charge in [-0.25, -0.2) is 8.42 Å². The first-order valence-electron chi connectivity index (χ1n) is 10.4. The van der Waals surface area contributed by atoms with Crippen molar-refractivity contribution < 1.29 is 22.7 Å². The summed E-state index contributed by atoms with van der Waals surface area (Å²) in [5.41, 5.74) is 0.776. The molecule has 1 amide bonds. The lowest BCUT2D eigenvalue weighted by molar-refractivity contribution is -0.123. The van der Waals surface area contributed by atoms with Crippen LogP contribution in [0.1, 0.15) is 19.8 Å². The molecule has 0 spiro atoms. The molecule has 2 heterocycles. The number of fused-ring (bicyclic) bond motifs is 1. The number of piperidine rings is 1. The third-order valence-electron chi connectivity index (χ3n) is 5.64. The van der Waals surface area contributed by atoms with E-state index in [0.29, 0.717) is 44.1 Å².